The van der Waals surface area contributed by atoms with Gasteiger partial charge in [-0.3, -0.25) is 0 Å². The summed E-state index contributed by atoms with van der Waals surface area (Å²) in [6.45, 7) is 12.3. The Labute approximate surface area is 214 Å². The summed E-state index contributed by atoms with van der Waals surface area (Å²) in [7, 11) is 0. The van der Waals surface area contributed by atoms with E-state index in [0.717, 1.165) is 32.1 Å². The van der Waals surface area contributed by atoms with Crippen LogP contribution in [-0.4, -0.2) is 45.6 Å². The molecule has 2 heterocycles. The van der Waals surface area contributed by atoms with E-state index in [4.69, 9.17) is 9.47 Å². The molecule has 0 unspecified atom stereocenters. The van der Waals surface area contributed by atoms with Gasteiger partial charge in [0.25, 0.3) is 0 Å². The molecule has 6 heteroatoms. The number of fused-ring (bicyclic) bond motifs is 2. The van der Waals surface area contributed by atoms with Crippen LogP contribution >= 0.6 is 0 Å². The number of aliphatic hydroxyl groups excluding tert-OH is 1. The van der Waals surface area contributed by atoms with Crippen molar-refractivity contribution in [1.29, 1.82) is 0 Å². The van der Waals surface area contributed by atoms with E-state index in [2.05, 4.69) is 19.9 Å². The maximum atomic E-state index is 12.5. The number of ether oxygens (including phenoxy) is 2. The van der Waals surface area contributed by atoms with Crippen molar-refractivity contribution >= 4 is 11.9 Å². The van der Waals surface area contributed by atoms with Gasteiger partial charge in [-0.1, -0.05) is 26.0 Å². The molecule has 4 fully saturated rings. The SMILES string of the molecule is CC1=CC[C@@H]([C@](C)(O)[C@H]2CC[C@@]3(C)[C@@H]4C[C@@H](O)[C@H]5C(C)(C)OC(=O)C=C[C@@]56C[C@@]46CC[C@]23C)OC1=O. The van der Waals surface area contributed by atoms with Gasteiger partial charge in [-0.15, -0.1) is 0 Å². The van der Waals surface area contributed by atoms with Gasteiger partial charge in [-0.2, -0.15) is 0 Å². The molecule has 4 saturated carbocycles. The molecule has 0 aromatic heterocycles. The van der Waals surface area contributed by atoms with E-state index in [1.165, 1.54) is 0 Å². The van der Waals surface area contributed by atoms with Crippen LogP contribution in [0.15, 0.2) is 23.8 Å². The standard InChI is InChI=1S/C30H42O6/c1-17-7-8-21(35-24(17)33)28(6,34)19-9-11-26(4)20-15-18(31)23-25(2,3)36-22(32)10-12-30(23)16-29(20,30)14-13-27(19,26)5/h7,10,12,18-21,23,31,34H,8-9,11,13-16H2,1-6H3/t18-,19+,20+,21+,23+,26+,27-,28-,29+,30-/m1/s1. The van der Waals surface area contributed by atoms with Crippen LogP contribution in [0.5, 0.6) is 0 Å². The Kier molecular flexibility index (Phi) is 4.83. The number of allylic oxidation sites excluding steroid dienone is 1. The topological polar surface area (TPSA) is 93.1 Å². The summed E-state index contributed by atoms with van der Waals surface area (Å²) >= 11 is 0. The number of aliphatic hydroxyl groups is 2. The predicted octanol–water partition coefficient (Wildman–Crippen LogP) is 4.48. The van der Waals surface area contributed by atoms with Crippen molar-refractivity contribution in [3.63, 3.8) is 0 Å². The summed E-state index contributed by atoms with van der Waals surface area (Å²) in [5, 5.41) is 23.6. The molecule has 6 rings (SSSR count). The van der Waals surface area contributed by atoms with Crippen LogP contribution in [0.25, 0.3) is 0 Å². The largest absolute Gasteiger partial charge is 0.456 e. The van der Waals surface area contributed by atoms with Crippen LogP contribution < -0.4 is 0 Å². The van der Waals surface area contributed by atoms with Gasteiger partial charge in [0.1, 0.15) is 17.3 Å². The molecule has 4 aliphatic carbocycles. The van der Waals surface area contributed by atoms with Crippen LogP contribution in [0, 0.1) is 39.4 Å². The maximum absolute atomic E-state index is 12.5. The highest BCUT2D eigenvalue weighted by molar-refractivity contribution is 5.88. The second-order valence-corrected chi connectivity index (χ2v) is 14.2. The second kappa shape index (κ2) is 7.05. The summed E-state index contributed by atoms with van der Waals surface area (Å²) in [5.74, 6) is -0.479. The van der Waals surface area contributed by atoms with E-state index in [0.29, 0.717) is 24.3 Å². The Balaban J connectivity index is 1.37. The fourth-order valence-electron chi connectivity index (χ4n) is 10.8. The Morgan fingerprint density at radius 2 is 1.81 bits per heavy atom. The first-order valence-corrected chi connectivity index (χ1v) is 13.9. The van der Waals surface area contributed by atoms with Crippen molar-refractivity contribution in [3.05, 3.63) is 23.8 Å². The summed E-state index contributed by atoms with van der Waals surface area (Å²) in [4.78, 5) is 24.8. The minimum absolute atomic E-state index is 0.00690. The second-order valence-electron chi connectivity index (χ2n) is 14.2. The van der Waals surface area contributed by atoms with Crippen LogP contribution in [-0.2, 0) is 19.1 Å². The molecular formula is C30H42O6. The summed E-state index contributed by atoms with van der Waals surface area (Å²) in [6.07, 6.45) is 10.6. The third-order valence-electron chi connectivity index (χ3n) is 12.6. The average Bonchev–Trinajstić information content (AvgIpc) is 3.37. The van der Waals surface area contributed by atoms with Gasteiger partial charge in [-0.05, 0) is 94.3 Å². The molecule has 2 spiro atoms. The van der Waals surface area contributed by atoms with E-state index in [1.807, 2.05) is 26.8 Å². The zero-order chi connectivity index (χ0) is 26.1. The first kappa shape index (κ1) is 24.7. The highest BCUT2D eigenvalue weighted by Gasteiger charge is 2.83. The van der Waals surface area contributed by atoms with E-state index in [1.54, 1.807) is 13.0 Å². The first-order chi connectivity index (χ1) is 16.6. The van der Waals surface area contributed by atoms with Crippen LogP contribution in [0.4, 0.5) is 0 Å². The van der Waals surface area contributed by atoms with Gasteiger partial charge in [0.15, 0.2) is 0 Å². The summed E-state index contributed by atoms with van der Waals surface area (Å²) in [6, 6.07) is 0. The Hall–Kier alpha value is -1.66. The zero-order valence-corrected chi connectivity index (χ0v) is 22.6. The average molecular weight is 499 g/mol. The van der Waals surface area contributed by atoms with Gasteiger partial charge in [-0.25, -0.2) is 9.59 Å². The fourth-order valence-corrected chi connectivity index (χ4v) is 10.8. The van der Waals surface area contributed by atoms with E-state index in [-0.39, 0.29) is 45.4 Å². The zero-order valence-electron chi connectivity index (χ0n) is 22.6. The molecule has 198 valence electrons. The summed E-state index contributed by atoms with van der Waals surface area (Å²) < 4.78 is 11.6. The van der Waals surface area contributed by atoms with Crippen molar-refractivity contribution < 1.29 is 29.3 Å². The molecular weight excluding hydrogens is 456 g/mol. The summed E-state index contributed by atoms with van der Waals surface area (Å²) in [5.41, 5.74) is -1.66. The van der Waals surface area contributed by atoms with Crippen LogP contribution in [0.1, 0.15) is 86.5 Å². The highest BCUT2D eigenvalue weighted by Crippen LogP contribution is 2.87. The predicted molar refractivity (Wildman–Crippen MR) is 133 cm³/mol. The Bertz CT molecular complexity index is 1090. The van der Waals surface area contributed by atoms with Crippen molar-refractivity contribution in [2.75, 3.05) is 0 Å². The van der Waals surface area contributed by atoms with Gasteiger partial charge in [0.05, 0.1) is 6.10 Å². The lowest BCUT2D eigenvalue weighted by molar-refractivity contribution is -0.205. The maximum Gasteiger partial charge on any atom is 0.333 e. The lowest BCUT2D eigenvalue weighted by Gasteiger charge is -2.62. The smallest absolute Gasteiger partial charge is 0.333 e. The molecule has 6 aliphatic rings. The molecule has 36 heavy (non-hydrogen) atoms. The normalized spacial score (nSPS) is 52.3. The first-order valence-electron chi connectivity index (χ1n) is 13.9. The van der Waals surface area contributed by atoms with Gasteiger partial charge < -0.3 is 19.7 Å². The fraction of sp³-hybridized carbons (Fsp3) is 0.800. The number of carbonyl (C=O) groups excluding carboxylic acids is 2. The molecule has 0 amide bonds. The lowest BCUT2D eigenvalue weighted by Crippen LogP contribution is -2.61. The number of hydrogen-bond donors (Lipinski definition) is 2. The van der Waals surface area contributed by atoms with Gasteiger partial charge in [0.2, 0.25) is 0 Å². The van der Waals surface area contributed by atoms with E-state index < -0.39 is 23.4 Å². The number of hydrogen-bond acceptors (Lipinski definition) is 6. The Morgan fingerprint density at radius 1 is 1.08 bits per heavy atom. The number of carbonyl (C=O) groups is 2. The van der Waals surface area contributed by atoms with Crippen molar-refractivity contribution in [2.24, 2.45) is 39.4 Å². The quantitative estimate of drug-likeness (QED) is 0.546. The van der Waals surface area contributed by atoms with Crippen LogP contribution in [0.3, 0.4) is 0 Å². The van der Waals surface area contributed by atoms with Crippen molar-refractivity contribution in [2.45, 2.75) is 110 Å². The van der Waals surface area contributed by atoms with Gasteiger partial charge in [0, 0.05) is 29.4 Å². The number of cyclic esters (lactones) is 2. The molecule has 6 nitrogen and oxygen atoms in total. The third kappa shape index (κ3) is 2.76. The monoisotopic (exact) mass is 498 g/mol. The minimum Gasteiger partial charge on any atom is -0.456 e. The number of rotatable bonds is 2. The molecule has 0 bridgehead atoms. The number of esters is 2. The minimum atomic E-state index is -1.13. The van der Waals surface area contributed by atoms with Crippen molar-refractivity contribution in [3.8, 4) is 0 Å². The molecule has 2 aliphatic heterocycles. The molecule has 10 atom stereocenters. The molecule has 0 saturated heterocycles. The van der Waals surface area contributed by atoms with Crippen LogP contribution in [0.2, 0.25) is 0 Å². The van der Waals surface area contributed by atoms with E-state index >= 15 is 0 Å². The molecule has 0 aromatic carbocycles. The van der Waals surface area contributed by atoms with Gasteiger partial charge >= 0.3 is 11.9 Å². The van der Waals surface area contributed by atoms with E-state index in [9.17, 15) is 19.8 Å². The molecule has 2 N–H and O–H groups in total. The molecule has 0 radical (unpaired) electrons. The lowest BCUT2D eigenvalue weighted by atomic mass is 9.43. The van der Waals surface area contributed by atoms with Crippen molar-refractivity contribution in [1.82, 2.24) is 0 Å². The molecule has 0 aromatic rings. The highest BCUT2D eigenvalue weighted by atomic mass is 16.6. The third-order valence-corrected chi connectivity index (χ3v) is 12.6. The Morgan fingerprint density at radius 3 is 2.50 bits per heavy atom.